The Labute approximate surface area is 172 Å². The fourth-order valence-corrected chi connectivity index (χ4v) is 4.82. The molecule has 2 fully saturated rings. The smallest absolute Gasteiger partial charge is 0.242 e. The van der Waals surface area contributed by atoms with Crippen LogP contribution in [-0.4, -0.2) is 57.3 Å². The van der Waals surface area contributed by atoms with Crippen LogP contribution in [0.25, 0.3) is 11.0 Å². The molecular formula is C23H32N4O2. The van der Waals surface area contributed by atoms with Gasteiger partial charge in [-0.3, -0.25) is 9.59 Å². The van der Waals surface area contributed by atoms with Crippen molar-refractivity contribution >= 4 is 22.8 Å². The van der Waals surface area contributed by atoms with Crippen LogP contribution in [0.2, 0.25) is 0 Å². The van der Waals surface area contributed by atoms with E-state index in [-0.39, 0.29) is 24.3 Å². The highest BCUT2D eigenvalue weighted by atomic mass is 16.2. The highest BCUT2D eigenvalue weighted by Gasteiger charge is 2.38. The molecule has 1 aliphatic carbocycles. The summed E-state index contributed by atoms with van der Waals surface area (Å²) < 4.78 is 2.05. The molecule has 1 saturated carbocycles. The average Bonchev–Trinajstić information content (AvgIpc) is 3.45. The van der Waals surface area contributed by atoms with Gasteiger partial charge in [-0.15, -0.1) is 0 Å². The highest BCUT2D eigenvalue weighted by molar-refractivity contribution is 5.83. The number of likely N-dealkylation sites (tertiary alicyclic amines) is 1. The van der Waals surface area contributed by atoms with Gasteiger partial charge < -0.3 is 14.4 Å². The first-order valence-electron chi connectivity index (χ1n) is 11.1. The normalized spacial score (nSPS) is 20.1. The van der Waals surface area contributed by atoms with Gasteiger partial charge in [0.2, 0.25) is 11.8 Å². The number of fused-ring (bicyclic) bond motifs is 1. The van der Waals surface area contributed by atoms with E-state index in [0.717, 1.165) is 55.6 Å². The van der Waals surface area contributed by atoms with Crippen molar-refractivity contribution in [1.29, 1.82) is 0 Å². The van der Waals surface area contributed by atoms with Gasteiger partial charge >= 0.3 is 0 Å². The molecule has 0 spiro atoms. The Morgan fingerprint density at radius 2 is 2.00 bits per heavy atom. The van der Waals surface area contributed by atoms with Crippen molar-refractivity contribution in [1.82, 2.24) is 19.4 Å². The van der Waals surface area contributed by atoms with E-state index in [1.807, 2.05) is 36.2 Å². The Morgan fingerprint density at radius 3 is 2.76 bits per heavy atom. The number of unbranched alkanes of at least 4 members (excludes halogenated alkanes) is 1. The fraction of sp³-hybridized carbons (Fsp3) is 0.609. The molecule has 1 aromatic heterocycles. The van der Waals surface area contributed by atoms with Crippen molar-refractivity contribution in [3.8, 4) is 0 Å². The zero-order valence-corrected chi connectivity index (χ0v) is 17.6. The molecule has 0 N–H and O–H groups in total. The van der Waals surface area contributed by atoms with Crippen molar-refractivity contribution < 1.29 is 9.59 Å². The Hall–Kier alpha value is -2.37. The van der Waals surface area contributed by atoms with Crippen molar-refractivity contribution in [3.63, 3.8) is 0 Å². The predicted molar refractivity (Wildman–Crippen MR) is 114 cm³/mol. The molecule has 6 nitrogen and oxygen atoms in total. The summed E-state index contributed by atoms with van der Waals surface area (Å²) in [6, 6.07) is 8.37. The van der Waals surface area contributed by atoms with Gasteiger partial charge in [-0.1, -0.05) is 38.3 Å². The number of benzene rings is 1. The van der Waals surface area contributed by atoms with Crippen LogP contribution in [0.3, 0.4) is 0 Å². The predicted octanol–water partition coefficient (Wildman–Crippen LogP) is 3.55. The number of likely N-dealkylation sites (N-methyl/N-ethyl adjacent to an activating group) is 1. The third-order valence-electron chi connectivity index (χ3n) is 6.54. The molecule has 1 atom stereocenters. The summed E-state index contributed by atoms with van der Waals surface area (Å²) in [6.45, 7) is 3.92. The molecule has 1 aliphatic heterocycles. The Kier molecular flexibility index (Phi) is 5.88. The maximum atomic E-state index is 12.9. The lowest BCUT2D eigenvalue weighted by Gasteiger charge is -2.24. The molecule has 6 heteroatoms. The molecule has 0 bridgehead atoms. The largest absolute Gasteiger partial charge is 0.344 e. The lowest BCUT2D eigenvalue weighted by molar-refractivity contribution is -0.130. The van der Waals surface area contributed by atoms with E-state index in [0.29, 0.717) is 12.5 Å². The minimum atomic E-state index is 0.0595. The zero-order valence-electron chi connectivity index (χ0n) is 17.6. The summed E-state index contributed by atoms with van der Waals surface area (Å²) >= 11 is 0. The first-order chi connectivity index (χ1) is 14.1. The minimum Gasteiger partial charge on any atom is -0.344 e. The summed E-state index contributed by atoms with van der Waals surface area (Å²) in [4.78, 5) is 34.4. The van der Waals surface area contributed by atoms with Gasteiger partial charge in [0.1, 0.15) is 12.4 Å². The first-order valence-corrected chi connectivity index (χ1v) is 11.1. The molecular weight excluding hydrogens is 364 g/mol. The minimum absolute atomic E-state index is 0.0595. The van der Waals surface area contributed by atoms with Crippen LogP contribution in [0, 0.1) is 0 Å². The van der Waals surface area contributed by atoms with Gasteiger partial charge in [0, 0.05) is 38.5 Å². The average molecular weight is 397 g/mol. The number of hydrogen-bond acceptors (Lipinski definition) is 3. The number of carbonyl (C=O) groups is 2. The second-order valence-electron chi connectivity index (χ2n) is 8.60. The molecule has 1 saturated heterocycles. The van der Waals surface area contributed by atoms with Crippen molar-refractivity contribution in [3.05, 3.63) is 30.1 Å². The highest BCUT2D eigenvalue weighted by Crippen LogP contribution is 2.35. The van der Waals surface area contributed by atoms with E-state index in [9.17, 15) is 9.59 Å². The molecule has 2 heterocycles. The summed E-state index contributed by atoms with van der Waals surface area (Å²) in [6.07, 6.45) is 7.25. The third-order valence-corrected chi connectivity index (χ3v) is 6.54. The van der Waals surface area contributed by atoms with Crippen molar-refractivity contribution in [2.75, 3.05) is 20.1 Å². The van der Waals surface area contributed by atoms with E-state index in [4.69, 9.17) is 4.98 Å². The van der Waals surface area contributed by atoms with Gasteiger partial charge in [-0.2, -0.15) is 0 Å². The quantitative estimate of drug-likeness (QED) is 0.719. The molecule has 1 unspecified atom stereocenters. The van der Waals surface area contributed by atoms with Gasteiger partial charge in [-0.05, 0) is 31.4 Å². The molecule has 4 rings (SSSR count). The second-order valence-corrected chi connectivity index (χ2v) is 8.60. The van der Waals surface area contributed by atoms with E-state index < -0.39 is 0 Å². The lowest BCUT2D eigenvalue weighted by Crippen LogP contribution is -2.34. The Morgan fingerprint density at radius 1 is 1.24 bits per heavy atom. The van der Waals surface area contributed by atoms with Crippen LogP contribution in [0.15, 0.2) is 24.3 Å². The molecule has 1 aromatic carbocycles. The number of para-hydroxylation sites is 2. The van der Waals surface area contributed by atoms with E-state index >= 15 is 0 Å². The molecule has 0 radical (unpaired) electrons. The number of hydrogen-bond donors (Lipinski definition) is 0. The number of amides is 2. The monoisotopic (exact) mass is 396 g/mol. The molecule has 156 valence electrons. The molecule has 2 aliphatic rings. The molecule has 29 heavy (non-hydrogen) atoms. The van der Waals surface area contributed by atoms with E-state index in [2.05, 4.69) is 16.4 Å². The maximum Gasteiger partial charge on any atom is 0.242 e. The van der Waals surface area contributed by atoms with Gasteiger partial charge in [0.25, 0.3) is 0 Å². The SMILES string of the molecule is CCCCN(C)C(=O)Cn1c(C2CC(=O)N(C3CCCC3)C2)nc2ccccc21. The van der Waals surface area contributed by atoms with Crippen LogP contribution in [0.5, 0.6) is 0 Å². The number of rotatable bonds is 7. The summed E-state index contributed by atoms with van der Waals surface area (Å²) in [5.74, 6) is 1.29. The summed E-state index contributed by atoms with van der Waals surface area (Å²) in [5, 5.41) is 0. The van der Waals surface area contributed by atoms with Crippen molar-refractivity contribution in [2.45, 2.75) is 70.4 Å². The van der Waals surface area contributed by atoms with Gasteiger partial charge in [0.15, 0.2) is 0 Å². The Bertz CT molecular complexity index is 884. The number of imidazole rings is 1. The third kappa shape index (κ3) is 4.02. The molecule has 2 aromatic rings. The fourth-order valence-electron chi connectivity index (χ4n) is 4.82. The van der Waals surface area contributed by atoms with Gasteiger partial charge in [0.05, 0.1) is 11.0 Å². The summed E-state index contributed by atoms with van der Waals surface area (Å²) in [5.41, 5.74) is 1.88. The lowest BCUT2D eigenvalue weighted by atomic mass is 10.1. The number of aromatic nitrogens is 2. The zero-order chi connectivity index (χ0) is 20.4. The summed E-state index contributed by atoms with van der Waals surface area (Å²) in [7, 11) is 1.87. The van der Waals surface area contributed by atoms with Crippen LogP contribution in [0.1, 0.15) is 63.6 Å². The van der Waals surface area contributed by atoms with Crippen LogP contribution in [0.4, 0.5) is 0 Å². The molecule has 2 amide bonds. The van der Waals surface area contributed by atoms with Gasteiger partial charge in [-0.25, -0.2) is 4.98 Å². The number of nitrogens with zero attached hydrogens (tertiary/aromatic N) is 4. The van der Waals surface area contributed by atoms with Crippen LogP contribution >= 0.6 is 0 Å². The second kappa shape index (κ2) is 8.56. The van der Waals surface area contributed by atoms with Crippen LogP contribution in [-0.2, 0) is 16.1 Å². The first kappa shape index (κ1) is 19.9. The standard InChI is InChI=1S/C23H32N4O2/c1-3-4-13-25(2)22(29)16-27-20-12-8-7-11-19(20)24-23(27)17-14-21(28)26(15-17)18-9-5-6-10-18/h7-8,11-12,17-18H,3-6,9-10,13-16H2,1-2H3. The maximum absolute atomic E-state index is 12.9. The Balaban J connectivity index is 1.60. The van der Waals surface area contributed by atoms with E-state index in [1.165, 1.54) is 12.8 Å². The van der Waals surface area contributed by atoms with Crippen molar-refractivity contribution in [2.24, 2.45) is 0 Å². The topological polar surface area (TPSA) is 58.4 Å². The number of carbonyl (C=O) groups excluding carboxylic acids is 2. The van der Waals surface area contributed by atoms with E-state index in [1.54, 1.807) is 0 Å². The van der Waals surface area contributed by atoms with Crippen LogP contribution < -0.4 is 0 Å².